The van der Waals surface area contributed by atoms with E-state index in [2.05, 4.69) is 23.0 Å². The third kappa shape index (κ3) is 7.47. The van der Waals surface area contributed by atoms with Gasteiger partial charge in [0.1, 0.15) is 0 Å². The van der Waals surface area contributed by atoms with E-state index in [0.29, 0.717) is 0 Å². The van der Waals surface area contributed by atoms with Crippen LogP contribution in [0.3, 0.4) is 0 Å². The minimum atomic E-state index is 0.842. The van der Waals surface area contributed by atoms with E-state index < -0.39 is 0 Å². The molecule has 0 aromatic rings. The van der Waals surface area contributed by atoms with Crippen molar-refractivity contribution in [2.24, 2.45) is 0 Å². The Morgan fingerprint density at radius 3 is 2.67 bits per heavy atom. The van der Waals surface area contributed by atoms with Crippen molar-refractivity contribution in [1.82, 2.24) is 0 Å². The Kier molecular flexibility index (Phi) is 7.03. The maximum Gasteiger partial charge on any atom is 0.0671 e. The molecule has 0 aliphatic carbocycles. The minimum Gasteiger partial charge on any atom is -0.103 e. The Morgan fingerprint density at radius 2 is 2.11 bits per heavy atom. The molecule has 0 spiro atoms. The van der Waals surface area contributed by atoms with Gasteiger partial charge in [0.2, 0.25) is 0 Å². The van der Waals surface area contributed by atoms with Crippen LogP contribution in [0.1, 0.15) is 20.3 Å². The standard InChI is InChI=1S/C8H10S/c1-3-5-6-8-9-7-4-2/h3,8H2,1-2H3. The topological polar surface area (TPSA) is 0 Å². The van der Waals surface area contributed by atoms with E-state index >= 15 is 0 Å². The van der Waals surface area contributed by atoms with Gasteiger partial charge in [0.05, 0.1) is 5.75 Å². The Balaban J connectivity index is 3.15. The summed E-state index contributed by atoms with van der Waals surface area (Å²) >= 11 is 1.56. The van der Waals surface area contributed by atoms with Gasteiger partial charge in [-0.3, -0.25) is 0 Å². The highest BCUT2D eigenvalue weighted by molar-refractivity contribution is 8.04. The van der Waals surface area contributed by atoms with Crippen LogP contribution in [0.5, 0.6) is 0 Å². The van der Waals surface area contributed by atoms with E-state index in [1.165, 1.54) is 0 Å². The van der Waals surface area contributed by atoms with Crippen LogP contribution in [0.15, 0.2) is 0 Å². The van der Waals surface area contributed by atoms with E-state index in [4.69, 9.17) is 0 Å². The van der Waals surface area contributed by atoms with Crippen molar-refractivity contribution in [2.75, 3.05) is 5.75 Å². The first-order valence-electron chi connectivity index (χ1n) is 2.91. The van der Waals surface area contributed by atoms with Gasteiger partial charge in [-0.1, -0.05) is 30.5 Å². The summed E-state index contributed by atoms with van der Waals surface area (Å²) in [6.45, 7) is 3.88. The highest BCUT2D eigenvalue weighted by Crippen LogP contribution is 1.92. The van der Waals surface area contributed by atoms with E-state index in [1.54, 1.807) is 11.8 Å². The second-order valence-electron chi connectivity index (χ2n) is 1.35. The lowest BCUT2D eigenvalue weighted by atomic mass is 10.5. The Morgan fingerprint density at radius 1 is 1.33 bits per heavy atom. The molecule has 0 rings (SSSR count). The number of thioether (sulfide) groups is 1. The van der Waals surface area contributed by atoms with Gasteiger partial charge in [0.15, 0.2) is 0 Å². The highest BCUT2D eigenvalue weighted by Gasteiger charge is 1.70. The summed E-state index contributed by atoms with van der Waals surface area (Å²) in [6.07, 6.45) is 0.945. The molecule has 0 aliphatic rings. The fourth-order valence-electron chi connectivity index (χ4n) is 0.320. The van der Waals surface area contributed by atoms with E-state index in [-0.39, 0.29) is 0 Å². The zero-order chi connectivity index (χ0) is 6.95. The van der Waals surface area contributed by atoms with Crippen molar-refractivity contribution in [3.63, 3.8) is 0 Å². The highest BCUT2D eigenvalue weighted by atomic mass is 32.2. The van der Waals surface area contributed by atoms with Crippen LogP contribution >= 0.6 is 11.8 Å². The molecule has 9 heavy (non-hydrogen) atoms. The minimum absolute atomic E-state index is 0.842. The molecule has 0 radical (unpaired) electrons. The Bertz CT molecular complexity index is 160. The molecule has 0 atom stereocenters. The molecule has 1 heteroatoms. The van der Waals surface area contributed by atoms with Gasteiger partial charge in [-0.15, -0.1) is 5.92 Å². The molecular formula is C8H10S. The lowest BCUT2D eigenvalue weighted by Crippen LogP contribution is -1.65. The van der Waals surface area contributed by atoms with Crippen LogP contribution in [0.25, 0.3) is 0 Å². The molecule has 0 saturated heterocycles. The molecule has 0 aromatic carbocycles. The summed E-state index contributed by atoms with van der Waals surface area (Å²) in [4.78, 5) is 0. The van der Waals surface area contributed by atoms with Gasteiger partial charge in [-0.25, -0.2) is 0 Å². The normalized spacial score (nSPS) is 6.44. The molecule has 0 saturated carbocycles. The average Bonchev–Trinajstić information content (AvgIpc) is 1.89. The molecule has 0 fully saturated rings. The first-order chi connectivity index (χ1) is 4.41. The van der Waals surface area contributed by atoms with Gasteiger partial charge in [0, 0.05) is 6.42 Å². The molecule has 0 heterocycles. The Hall–Kier alpha value is -0.530. The molecule has 0 N–H and O–H groups in total. The predicted molar refractivity (Wildman–Crippen MR) is 44.0 cm³/mol. The molecule has 0 amide bonds. The number of hydrogen-bond acceptors (Lipinski definition) is 1. The zero-order valence-electron chi connectivity index (χ0n) is 5.82. The summed E-state index contributed by atoms with van der Waals surface area (Å²) in [7, 11) is 0. The third-order valence-electron chi connectivity index (χ3n) is 0.620. The fraction of sp³-hybridized carbons (Fsp3) is 0.500. The SMILES string of the molecule is CC#CSCC#CCC. The first kappa shape index (κ1) is 8.47. The maximum atomic E-state index is 2.98. The molecular weight excluding hydrogens is 128 g/mol. The van der Waals surface area contributed by atoms with Crippen LogP contribution in [0.2, 0.25) is 0 Å². The van der Waals surface area contributed by atoms with Gasteiger partial charge >= 0.3 is 0 Å². The van der Waals surface area contributed by atoms with Crippen molar-refractivity contribution in [2.45, 2.75) is 20.3 Å². The molecule has 0 nitrogen and oxygen atoms in total. The van der Waals surface area contributed by atoms with Crippen molar-refractivity contribution in [3.8, 4) is 23.0 Å². The van der Waals surface area contributed by atoms with Gasteiger partial charge in [-0.05, 0) is 12.2 Å². The van der Waals surface area contributed by atoms with E-state index in [9.17, 15) is 0 Å². The van der Waals surface area contributed by atoms with Gasteiger partial charge < -0.3 is 0 Å². The maximum absolute atomic E-state index is 2.98. The van der Waals surface area contributed by atoms with Crippen molar-refractivity contribution in [1.29, 1.82) is 0 Å². The van der Waals surface area contributed by atoms with E-state index in [1.807, 2.05) is 13.8 Å². The van der Waals surface area contributed by atoms with Gasteiger partial charge in [-0.2, -0.15) is 0 Å². The number of rotatable bonds is 1. The lowest BCUT2D eigenvalue weighted by molar-refractivity contribution is 1.28. The fourth-order valence-corrected chi connectivity index (χ4v) is 0.711. The Labute approximate surface area is 61.4 Å². The second-order valence-corrected chi connectivity index (χ2v) is 2.13. The molecule has 0 bridgehead atoms. The largest absolute Gasteiger partial charge is 0.103 e. The summed E-state index contributed by atoms with van der Waals surface area (Å²) in [6, 6.07) is 0. The summed E-state index contributed by atoms with van der Waals surface area (Å²) in [5.74, 6) is 9.58. The van der Waals surface area contributed by atoms with Crippen LogP contribution < -0.4 is 0 Å². The van der Waals surface area contributed by atoms with E-state index in [0.717, 1.165) is 12.2 Å². The molecule has 0 aromatic heterocycles. The molecule has 0 aliphatic heterocycles. The van der Waals surface area contributed by atoms with Crippen LogP contribution in [-0.2, 0) is 0 Å². The summed E-state index contributed by atoms with van der Waals surface area (Å²) in [5.41, 5.74) is 0. The first-order valence-corrected chi connectivity index (χ1v) is 3.89. The quantitative estimate of drug-likeness (QED) is 0.395. The smallest absolute Gasteiger partial charge is 0.0671 e. The molecule has 48 valence electrons. The summed E-state index contributed by atoms with van der Waals surface area (Å²) in [5, 5.41) is 2.87. The van der Waals surface area contributed by atoms with Crippen LogP contribution in [0.4, 0.5) is 0 Å². The van der Waals surface area contributed by atoms with Crippen molar-refractivity contribution in [3.05, 3.63) is 0 Å². The lowest BCUT2D eigenvalue weighted by Gasteiger charge is -1.75. The van der Waals surface area contributed by atoms with Crippen molar-refractivity contribution >= 4 is 11.8 Å². The van der Waals surface area contributed by atoms with Crippen LogP contribution in [-0.4, -0.2) is 5.75 Å². The van der Waals surface area contributed by atoms with Crippen molar-refractivity contribution < 1.29 is 0 Å². The second kappa shape index (κ2) is 7.47. The monoisotopic (exact) mass is 138 g/mol. The molecule has 0 unspecified atom stereocenters. The number of hydrogen-bond donors (Lipinski definition) is 0. The average molecular weight is 138 g/mol. The third-order valence-corrected chi connectivity index (χ3v) is 1.26. The predicted octanol–water partition coefficient (Wildman–Crippen LogP) is 2.11. The van der Waals surface area contributed by atoms with Gasteiger partial charge in [0.25, 0.3) is 0 Å². The van der Waals surface area contributed by atoms with Crippen LogP contribution in [0, 0.1) is 23.0 Å². The zero-order valence-corrected chi connectivity index (χ0v) is 6.64. The summed E-state index contributed by atoms with van der Waals surface area (Å²) < 4.78 is 0.